The molecule has 104 valence electrons. The average molecular weight is 276 g/mol. The smallest absolute Gasteiger partial charge is 0.277 e. The lowest BCUT2D eigenvalue weighted by molar-refractivity contribution is -0.121. The molecule has 2 heterocycles. The Morgan fingerprint density at radius 3 is 2.72 bits per heavy atom. The van der Waals surface area contributed by atoms with Crippen molar-refractivity contribution in [3.05, 3.63) is 0 Å². The van der Waals surface area contributed by atoms with Crippen LogP contribution in [0.4, 0.5) is 0 Å². The van der Waals surface area contributed by atoms with Gasteiger partial charge in [0, 0.05) is 38.1 Å². The van der Waals surface area contributed by atoms with E-state index in [1.165, 1.54) is 4.31 Å². The quantitative estimate of drug-likeness (QED) is 0.608. The van der Waals surface area contributed by atoms with Gasteiger partial charge in [0.15, 0.2) is 0 Å². The second kappa shape index (κ2) is 4.76. The largest absolute Gasteiger partial charge is 0.356 e. The Bertz CT molecular complexity index is 438. The van der Waals surface area contributed by atoms with Gasteiger partial charge < -0.3 is 5.32 Å². The molecule has 7 nitrogen and oxygen atoms in total. The molecule has 2 aliphatic rings. The maximum atomic E-state index is 11.5. The average Bonchev–Trinajstić information content (AvgIpc) is 2.45. The van der Waals surface area contributed by atoms with Crippen LogP contribution in [-0.2, 0) is 15.0 Å². The number of hydrogen-bond donors (Lipinski definition) is 2. The highest BCUT2D eigenvalue weighted by Crippen LogP contribution is 2.30. The van der Waals surface area contributed by atoms with Gasteiger partial charge in [-0.3, -0.25) is 9.69 Å². The van der Waals surface area contributed by atoms with Gasteiger partial charge in [0.1, 0.15) is 0 Å². The Morgan fingerprint density at radius 2 is 2.06 bits per heavy atom. The summed E-state index contributed by atoms with van der Waals surface area (Å²) >= 11 is 0. The number of carbonyl (C=O) groups is 1. The molecule has 2 rings (SSSR count). The molecular formula is C10H20N4O3S. The van der Waals surface area contributed by atoms with E-state index in [1.54, 1.807) is 0 Å². The summed E-state index contributed by atoms with van der Waals surface area (Å²) in [5.41, 5.74) is -0.274. The summed E-state index contributed by atoms with van der Waals surface area (Å²) in [4.78, 5) is 13.6. The third kappa shape index (κ3) is 2.66. The number of amides is 1. The first-order valence-corrected chi connectivity index (χ1v) is 7.60. The molecule has 0 bridgehead atoms. The first kappa shape index (κ1) is 13.7. The number of nitrogens with zero attached hydrogens (tertiary/aromatic N) is 2. The minimum absolute atomic E-state index is 0.0352. The van der Waals surface area contributed by atoms with Crippen molar-refractivity contribution in [2.75, 3.05) is 33.2 Å². The van der Waals surface area contributed by atoms with Gasteiger partial charge in [-0.05, 0) is 19.9 Å². The van der Waals surface area contributed by atoms with Gasteiger partial charge in [0.25, 0.3) is 10.2 Å². The topological polar surface area (TPSA) is 95.7 Å². The fourth-order valence-electron chi connectivity index (χ4n) is 2.78. The van der Waals surface area contributed by atoms with E-state index in [1.807, 2.05) is 7.05 Å². The predicted molar refractivity (Wildman–Crippen MR) is 66.9 cm³/mol. The summed E-state index contributed by atoms with van der Waals surface area (Å²) in [5, 5.41) is 8.03. The minimum atomic E-state index is -3.65. The van der Waals surface area contributed by atoms with E-state index < -0.39 is 10.2 Å². The SMILES string of the molecule is CN1CCN(S(N)(=O)=O)C[C@@]12CCNC(=O)CC2. The predicted octanol–water partition coefficient (Wildman–Crippen LogP) is -1.52. The molecule has 0 saturated carbocycles. The van der Waals surface area contributed by atoms with E-state index >= 15 is 0 Å². The van der Waals surface area contributed by atoms with Crippen molar-refractivity contribution in [1.29, 1.82) is 0 Å². The van der Waals surface area contributed by atoms with Crippen LogP contribution in [0.3, 0.4) is 0 Å². The van der Waals surface area contributed by atoms with Crippen molar-refractivity contribution in [3.63, 3.8) is 0 Å². The van der Waals surface area contributed by atoms with E-state index in [0.29, 0.717) is 39.0 Å². The van der Waals surface area contributed by atoms with Gasteiger partial charge in [-0.25, -0.2) is 5.14 Å². The Morgan fingerprint density at radius 1 is 1.33 bits per heavy atom. The van der Waals surface area contributed by atoms with Crippen LogP contribution < -0.4 is 10.5 Å². The van der Waals surface area contributed by atoms with Crippen molar-refractivity contribution in [2.45, 2.75) is 24.8 Å². The number of likely N-dealkylation sites (N-methyl/N-ethyl adjacent to an activating group) is 1. The van der Waals surface area contributed by atoms with Crippen LogP contribution in [0.25, 0.3) is 0 Å². The molecule has 1 atom stereocenters. The lowest BCUT2D eigenvalue weighted by Crippen LogP contribution is -2.62. The molecule has 0 radical (unpaired) electrons. The molecule has 8 heteroatoms. The highest BCUT2D eigenvalue weighted by atomic mass is 32.2. The van der Waals surface area contributed by atoms with E-state index in [0.717, 1.165) is 6.42 Å². The van der Waals surface area contributed by atoms with Crippen LogP contribution in [-0.4, -0.2) is 62.3 Å². The van der Waals surface area contributed by atoms with Gasteiger partial charge in [-0.1, -0.05) is 0 Å². The van der Waals surface area contributed by atoms with Gasteiger partial charge in [0.2, 0.25) is 5.91 Å². The molecule has 0 aliphatic carbocycles. The summed E-state index contributed by atoms with van der Waals surface area (Å²) in [5.74, 6) is 0.0352. The van der Waals surface area contributed by atoms with Gasteiger partial charge in [-0.15, -0.1) is 0 Å². The van der Waals surface area contributed by atoms with Crippen LogP contribution in [0.2, 0.25) is 0 Å². The normalized spacial score (nSPS) is 32.2. The van der Waals surface area contributed by atoms with Crippen molar-refractivity contribution < 1.29 is 13.2 Å². The van der Waals surface area contributed by atoms with Crippen LogP contribution in [0.1, 0.15) is 19.3 Å². The molecule has 1 amide bonds. The van der Waals surface area contributed by atoms with Crippen molar-refractivity contribution in [1.82, 2.24) is 14.5 Å². The van der Waals surface area contributed by atoms with Crippen molar-refractivity contribution >= 4 is 16.1 Å². The number of nitrogens with two attached hydrogens (primary N) is 1. The molecule has 2 fully saturated rings. The summed E-state index contributed by atoms with van der Waals surface area (Å²) in [6.45, 7) is 2.02. The van der Waals surface area contributed by atoms with E-state index in [-0.39, 0.29) is 11.4 Å². The third-order valence-electron chi connectivity index (χ3n) is 4.06. The second-order valence-electron chi connectivity index (χ2n) is 5.12. The van der Waals surface area contributed by atoms with E-state index in [4.69, 9.17) is 5.14 Å². The van der Waals surface area contributed by atoms with Gasteiger partial charge in [0.05, 0.1) is 0 Å². The Labute approximate surface area is 107 Å². The van der Waals surface area contributed by atoms with Crippen molar-refractivity contribution in [3.8, 4) is 0 Å². The summed E-state index contributed by atoms with van der Waals surface area (Å²) in [7, 11) is -1.67. The van der Waals surface area contributed by atoms with Gasteiger partial charge in [-0.2, -0.15) is 12.7 Å². The Balaban J connectivity index is 2.20. The Hall–Kier alpha value is -0.700. The van der Waals surface area contributed by atoms with E-state index in [2.05, 4.69) is 10.2 Å². The highest BCUT2D eigenvalue weighted by molar-refractivity contribution is 7.86. The zero-order chi connectivity index (χ0) is 13.4. The number of rotatable bonds is 1. The molecule has 2 saturated heterocycles. The summed E-state index contributed by atoms with van der Waals surface area (Å²) < 4.78 is 24.3. The number of nitrogens with one attached hydrogen (secondary N) is 1. The zero-order valence-electron chi connectivity index (χ0n) is 10.6. The van der Waals surface area contributed by atoms with Crippen molar-refractivity contribution in [2.24, 2.45) is 5.14 Å². The Kier molecular flexibility index (Phi) is 3.63. The van der Waals surface area contributed by atoms with Gasteiger partial charge >= 0.3 is 0 Å². The van der Waals surface area contributed by atoms with Crippen LogP contribution in [0.15, 0.2) is 0 Å². The van der Waals surface area contributed by atoms with Crippen LogP contribution >= 0.6 is 0 Å². The van der Waals surface area contributed by atoms with Crippen LogP contribution in [0.5, 0.6) is 0 Å². The monoisotopic (exact) mass is 276 g/mol. The summed E-state index contributed by atoms with van der Waals surface area (Å²) in [6, 6.07) is 0. The maximum absolute atomic E-state index is 11.5. The maximum Gasteiger partial charge on any atom is 0.277 e. The lowest BCUT2D eigenvalue weighted by Gasteiger charge is -2.48. The first-order valence-electron chi connectivity index (χ1n) is 6.09. The molecule has 0 unspecified atom stereocenters. The summed E-state index contributed by atoms with van der Waals surface area (Å²) in [6.07, 6.45) is 1.85. The molecule has 0 aromatic rings. The number of carbonyl (C=O) groups excluding carboxylic acids is 1. The zero-order valence-corrected chi connectivity index (χ0v) is 11.4. The molecular weight excluding hydrogens is 256 g/mol. The third-order valence-corrected chi connectivity index (χ3v) is 5.09. The number of piperazine rings is 1. The fraction of sp³-hybridized carbons (Fsp3) is 0.900. The minimum Gasteiger partial charge on any atom is -0.356 e. The number of hydrogen-bond acceptors (Lipinski definition) is 4. The molecule has 2 aliphatic heterocycles. The molecule has 18 heavy (non-hydrogen) atoms. The van der Waals surface area contributed by atoms with Crippen LogP contribution in [0, 0.1) is 0 Å². The molecule has 1 spiro atoms. The second-order valence-corrected chi connectivity index (χ2v) is 6.67. The lowest BCUT2D eigenvalue weighted by atomic mass is 9.87. The first-order chi connectivity index (χ1) is 8.33. The fourth-order valence-corrected chi connectivity index (χ4v) is 3.53. The standard InChI is InChI=1S/C10H20N4O3S/c1-13-6-7-14(18(11,16)17)8-10(13)3-2-9(15)12-5-4-10/h2-8H2,1H3,(H,12,15)(H2,11,16,17)/t10-/m1/s1. The molecule has 3 N–H and O–H groups in total. The van der Waals surface area contributed by atoms with E-state index in [9.17, 15) is 13.2 Å². The molecule has 0 aromatic carbocycles. The highest BCUT2D eigenvalue weighted by Gasteiger charge is 2.43. The molecule has 0 aromatic heterocycles.